The Bertz CT molecular complexity index is 733. The summed E-state index contributed by atoms with van der Waals surface area (Å²) in [6.07, 6.45) is 1.67. The van der Waals surface area contributed by atoms with Crippen molar-refractivity contribution < 1.29 is 4.52 Å². The summed E-state index contributed by atoms with van der Waals surface area (Å²) in [7, 11) is 0. The van der Waals surface area contributed by atoms with Crippen LogP contribution < -0.4 is 5.32 Å². The predicted octanol–water partition coefficient (Wildman–Crippen LogP) is 3.13. The molecule has 4 nitrogen and oxygen atoms in total. The van der Waals surface area contributed by atoms with Crippen molar-refractivity contribution in [3.8, 4) is 0 Å². The van der Waals surface area contributed by atoms with Crippen LogP contribution in [-0.2, 0) is 13.1 Å². The molecule has 4 heteroatoms. The molecule has 3 rings (SSSR count). The minimum Gasteiger partial charge on any atom is -0.364 e. The maximum Gasteiger partial charge on any atom is 0.127 e. The molecule has 1 N–H and O–H groups in total. The second-order valence-electron chi connectivity index (χ2n) is 5.03. The molecule has 3 aromatic rings. The van der Waals surface area contributed by atoms with E-state index in [-0.39, 0.29) is 0 Å². The number of pyridine rings is 1. The molecule has 0 unspecified atom stereocenters. The molecule has 0 bridgehead atoms. The molecule has 0 aliphatic rings. The second-order valence-corrected chi connectivity index (χ2v) is 5.03. The van der Waals surface area contributed by atoms with E-state index in [0.29, 0.717) is 6.54 Å². The van der Waals surface area contributed by atoms with Crippen molar-refractivity contribution in [2.75, 3.05) is 0 Å². The van der Waals surface area contributed by atoms with Crippen LogP contribution in [0.2, 0.25) is 0 Å². The van der Waals surface area contributed by atoms with E-state index < -0.39 is 0 Å². The van der Waals surface area contributed by atoms with Gasteiger partial charge < -0.3 is 9.84 Å². The normalized spacial score (nSPS) is 11.1. The average Bonchev–Trinajstić information content (AvgIpc) is 2.85. The summed E-state index contributed by atoms with van der Waals surface area (Å²) in [4.78, 5) is 4.51. The van der Waals surface area contributed by atoms with Crippen molar-refractivity contribution in [2.24, 2.45) is 0 Å². The first-order valence-corrected chi connectivity index (χ1v) is 6.69. The average molecular weight is 267 g/mol. The number of nitrogens with one attached hydrogen (secondary N) is 1. The minimum absolute atomic E-state index is 0.715. The smallest absolute Gasteiger partial charge is 0.127 e. The molecule has 20 heavy (non-hydrogen) atoms. The lowest BCUT2D eigenvalue weighted by molar-refractivity contribution is 0.408. The fourth-order valence-electron chi connectivity index (χ4n) is 2.19. The Morgan fingerprint density at radius 3 is 2.80 bits per heavy atom. The molecule has 2 aromatic heterocycles. The zero-order valence-corrected chi connectivity index (χ0v) is 11.7. The highest BCUT2D eigenvalue weighted by Crippen LogP contribution is 2.15. The molecule has 0 radical (unpaired) electrons. The highest BCUT2D eigenvalue weighted by Gasteiger charge is 2.03. The molecular formula is C16H17N3O. The van der Waals surface area contributed by atoms with Gasteiger partial charge in [0.05, 0.1) is 5.52 Å². The topological polar surface area (TPSA) is 51.0 Å². The molecule has 2 heterocycles. The first kappa shape index (κ1) is 12.8. The van der Waals surface area contributed by atoms with E-state index in [1.807, 2.05) is 19.9 Å². The van der Waals surface area contributed by atoms with Crippen LogP contribution in [0.3, 0.4) is 0 Å². The Hall–Kier alpha value is -2.20. The summed E-state index contributed by atoms with van der Waals surface area (Å²) in [5.74, 6) is 0. The summed E-state index contributed by atoms with van der Waals surface area (Å²) in [5, 5.41) is 8.51. The minimum atomic E-state index is 0.715. The Morgan fingerprint density at radius 2 is 2.00 bits per heavy atom. The molecule has 0 aliphatic carbocycles. The fourth-order valence-corrected chi connectivity index (χ4v) is 2.19. The van der Waals surface area contributed by atoms with Gasteiger partial charge in [0.2, 0.25) is 0 Å². The van der Waals surface area contributed by atoms with Gasteiger partial charge in [0.1, 0.15) is 12.0 Å². The van der Waals surface area contributed by atoms with Crippen LogP contribution >= 0.6 is 0 Å². The van der Waals surface area contributed by atoms with E-state index in [9.17, 15) is 0 Å². The van der Waals surface area contributed by atoms with Gasteiger partial charge in [-0.1, -0.05) is 17.3 Å². The Balaban J connectivity index is 1.68. The third-order valence-electron chi connectivity index (χ3n) is 3.36. The fraction of sp³-hybridized carbons (Fsp3) is 0.250. The Kier molecular flexibility index (Phi) is 3.48. The van der Waals surface area contributed by atoms with Crippen LogP contribution in [0.4, 0.5) is 0 Å². The predicted molar refractivity (Wildman–Crippen MR) is 78.3 cm³/mol. The van der Waals surface area contributed by atoms with Crippen molar-refractivity contribution in [1.82, 2.24) is 15.5 Å². The summed E-state index contributed by atoms with van der Waals surface area (Å²) >= 11 is 0. The molecule has 0 aliphatic heterocycles. The van der Waals surface area contributed by atoms with Crippen LogP contribution in [0.25, 0.3) is 10.9 Å². The lowest BCUT2D eigenvalue weighted by Gasteiger charge is -2.05. The number of benzene rings is 1. The van der Waals surface area contributed by atoms with Crippen molar-refractivity contribution >= 4 is 10.9 Å². The summed E-state index contributed by atoms with van der Waals surface area (Å²) in [5.41, 5.74) is 5.37. The largest absolute Gasteiger partial charge is 0.364 e. The number of aryl methyl sites for hydroxylation is 2. The molecular weight excluding hydrogens is 250 g/mol. The van der Waals surface area contributed by atoms with Crippen molar-refractivity contribution in [3.63, 3.8) is 0 Å². The van der Waals surface area contributed by atoms with Crippen LogP contribution in [0.15, 0.2) is 41.1 Å². The van der Waals surface area contributed by atoms with Crippen LogP contribution in [0, 0.1) is 13.8 Å². The standard InChI is InChI=1S/C16H17N3O/c1-11-10-20-19-16(11)9-17-8-13-4-6-15-14(7-13)5-3-12(2)18-15/h3-7,10,17H,8-9H2,1-2H3. The second kappa shape index (κ2) is 5.43. The van der Waals surface area contributed by atoms with E-state index in [2.05, 4.69) is 39.7 Å². The van der Waals surface area contributed by atoms with Crippen molar-refractivity contribution in [1.29, 1.82) is 0 Å². The quantitative estimate of drug-likeness (QED) is 0.789. The zero-order valence-electron chi connectivity index (χ0n) is 11.7. The van der Waals surface area contributed by atoms with Crippen molar-refractivity contribution in [3.05, 3.63) is 59.1 Å². The number of hydrogen-bond acceptors (Lipinski definition) is 4. The molecule has 102 valence electrons. The number of fused-ring (bicyclic) bond motifs is 1. The maximum absolute atomic E-state index is 4.92. The number of rotatable bonds is 4. The summed E-state index contributed by atoms with van der Waals surface area (Å²) in [6.45, 7) is 5.52. The van der Waals surface area contributed by atoms with Gasteiger partial charge in [-0.3, -0.25) is 4.98 Å². The van der Waals surface area contributed by atoms with Gasteiger partial charge in [0.15, 0.2) is 0 Å². The third-order valence-corrected chi connectivity index (χ3v) is 3.36. The highest BCUT2D eigenvalue weighted by molar-refractivity contribution is 5.79. The van der Waals surface area contributed by atoms with Crippen LogP contribution in [-0.4, -0.2) is 10.1 Å². The van der Waals surface area contributed by atoms with E-state index in [1.165, 1.54) is 10.9 Å². The van der Waals surface area contributed by atoms with E-state index in [4.69, 9.17) is 4.52 Å². The molecule has 0 amide bonds. The molecule has 0 fully saturated rings. The van der Waals surface area contributed by atoms with Gasteiger partial charge in [0.25, 0.3) is 0 Å². The van der Waals surface area contributed by atoms with Crippen LogP contribution in [0.5, 0.6) is 0 Å². The first-order valence-electron chi connectivity index (χ1n) is 6.69. The highest BCUT2D eigenvalue weighted by atomic mass is 16.5. The molecule has 0 spiro atoms. The lowest BCUT2D eigenvalue weighted by Crippen LogP contribution is -2.13. The third kappa shape index (κ3) is 2.70. The van der Waals surface area contributed by atoms with Gasteiger partial charge in [-0.05, 0) is 37.6 Å². The van der Waals surface area contributed by atoms with Crippen LogP contribution in [0.1, 0.15) is 22.5 Å². The molecule has 0 saturated heterocycles. The Labute approximate surface area is 117 Å². The van der Waals surface area contributed by atoms with Gasteiger partial charge >= 0.3 is 0 Å². The Morgan fingerprint density at radius 1 is 1.10 bits per heavy atom. The van der Waals surface area contributed by atoms with Gasteiger partial charge in [-0.15, -0.1) is 0 Å². The number of nitrogens with zero attached hydrogens (tertiary/aromatic N) is 2. The van der Waals surface area contributed by atoms with Gasteiger partial charge in [0, 0.05) is 29.7 Å². The lowest BCUT2D eigenvalue weighted by atomic mass is 10.1. The maximum atomic E-state index is 4.92. The van der Waals surface area contributed by atoms with Gasteiger partial charge in [-0.2, -0.15) is 0 Å². The molecule has 1 aromatic carbocycles. The number of hydrogen-bond donors (Lipinski definition) is 1. The van der Waals surface area contributed by atoms with E-state index >= 15 is 0 Å². The van der Waals surface area contributed by atoms with Gasteiger partial charge in [-0.25, -0.2) is 0 Å². The number of aromatic nitrogens is 2. The summed E-state index contributed by atoms with van der Waals surface area (Å²) in [6, 6.07) is 10.5. The van der Waals surface area contributed by atoms with Crippen molar-refractivity contribution in [2.45, 2.75) is 26.9 Å². The van der Waals surface area contributed by atoms with E-state index in [0.717, 1.165) is 29.0 Å². The van der Waals surface area contributed by atoms with E-state index in [1.54, 1.807) is 6.26 Å². The first-order chi connectivity index (χ1) is 9.72. The molecule has 0 atom stereocenters. The SMILES string of the molecule is Cc1ccc2cc(CNCc3nocc3C)ccc2n1. The monoisotopic (exact) mass is 267 g/mol. The summed E-state index contributed by atoms with van der Waals surface area (Å²) < 4.78 is 4.92. The molecule has 0 saturated carbocycles. The zero-order chi connectivity index (χ0) is 13.9.